The summed E-state index contributed by atoms with van der Waals surface area (Å²) < 4.78 is 0. The fourth-order valence-corrected chi connectivity index (χ4v) is 6.93. The Morgan fingerprint density at radius 3 is 2.64 bits per heavy atom. The maximum atomic E-state index is 12.4. The Bertz CT molecular complexity index is 536. The fourth-order valence-electron chi connectivity index (χ4n) is 6.93. The zero-order valence-electron chi connectivity index (χ0n) is 13.8. The Balaban J connectivity index is 1.69. The van der Waals surface area contributed by atoms with Crippen molar-refractivity contribution < 1.29 is 9.59 Å². The summed E-state index contributed by atoms with van der Waals surface area (Å²) in [5.74, 6) is 3.44. The van der Waals surface area contributed by atoms with E-state index in [0.29, 0.717) is 35.2 Å². The lowest BCUT2D eigenvalue weighted by atomic mass is 9.45. The summed E-state index contributed by atoms with van der Waals surface area (Å²) in [7, 11) is 0. The van der Waals surface area contributed by atoms with Gasteiger partial charge in [-0.25, -0.2) is 0 Å². The first-order valence-corrected chi connectivity index (χ1v) is 9.20. The number of carbonyl (C=O) groups excluding carboxylic acids is 2. The number of ketones is 2. The molecule has 2 heteroatoms. The highest BCUT2D eigenvalue weighted by Crippen LogP contribution is 2.65. The topological polar surface area (TPSA) is 34.1 Å². The Hall–Kier alpha value is -0.920. The number of hydrogen-bond acceptors (Lipinski definition) is 2. The first-order chi connectivity index (χ1) is 10.5. The molecule has 0 aromatic rings. The minimum Gasteiger partial charge on any atom is -0.300 e. The molecule has 0 bridgehead atoms. The van der Waals surface area contributed by atoms with E-state index in [1.54, 1.807) is 0 Å². The minimum absolute atomic E-state index is 0.0408. The van der Waals surface area contributed by atoms with Gasteiger partial charge in [-0.1, -0.05) is 13.0 Å². The third-order valence-electron chi connectivity index (χ3n) is 8.14. The highest BCUT2D eigenvalue weighted by Gasteiger charge is 2.60. The highest BCUT2D eigenvalue weighted by atomic mass is 16.1. The largest absolute Gasteiger partial charge is 0.300 e. The Labute approximate surface area is 133 Å². The summed E-state index contributed by atoms with van der Waals surface area (Å²) in [6.45, 7) is 6.45. The van der Waals surface area contributed by atoms with Crippen LogP contribution in [0.15, 0.2) is 12.7 Å². The van der Waals surface area contributed by atoms with Gasteiger partial charge in [0.1, 0.15) is 11.6 Å². The van der Waals surface area contributed by atoms with Crippen molar-refractivity contribution in [2.24, 2.45) is 34.5 Å². The van der Waals surface area contributed by atoms with Gasteiger partial charge in [0.15, 0.2) is 0 Å². The predicted molar refractivity (Wildman–Crippen MR) is 86.3 cm³/mol. The summed E-state index contributed by atoms with van der Waals surface area (Å²) >= 11 is 0. The molecule has 3 unspecified atom stereocenters. The molecule has 4 aliphatic rings. The Kier molecular flexibility index (Phi) is 3.19. The fraction of sp³-hybridized carbons (Fsp3) is 0.800. The van der Waals surface area contributed by atoms with Crippen molar-refractivity contribution in [3.8, 4) is 0 Å². The molecule has 0 aromatic heterocycles. The van der Waals surface area contributed by atoms with E-state index in [-0.39, 0.29) is 10.8 Å². The van der Waals surface area contributed by atoms with Crippen LogP contribution < -0.4 is 0 Å². The molecule has 0 spiro atoms. The molecule has 22 heavy (non-hydrogen) atoms. The minimum atomic E-state index is -0.0408. The molecule has 4 rings (SSSR count). The number of fused-ring (bicyclic) bond motifs is 5. The zero-order chi connectivity index (χ0) is 15.5. The van der Waals surface area contributed by atoms with E-state index >= 15 is 0 Å². The van der Waals surface area contributed by atoms with Crippen LogP contribution in [0, 0.1) is 34.5 Å². The van der Waals surface area contributed by atoms with Crippen LogP contribution in [-0.4, -0.2) is 11.6 Å². The molecule has 2 nitrogen and oxygen atoms in total. The lowest BCUT2D eigenvalue weighted by Crippen LogP contribution is -2.54. The van der Waals surface area contributed by atoms with Crippen LogP contribution in [0.5, 0.6) is 0 Å². The average molecular weight is 300 g/mol. The molecule has 0 aromatic carbocycles. The molecule has 0 heterocycles. The van der Waals surface area contributed by atoms with E-state index in [1.807, 2.05) is 0 Å². The SMILES string of the molecule is C=CC12CCC(=O)CC1CCC1[C@@H]2CC[C@]2(C)C(=O)CC[C@@H]12. The number of rotatable bonds is 1. The van der Waals surface area contributed by atoms with Crippen LogP contribution in [0.1, 0.15) is 64.7 Å². The molecule has 6 atom stereocenters. The van der Waals surface area contributed by atoms with Crippen LogP contribution in [0.2, 0.25) is 0 Å². The molecular formula is C20H28O2. The predicted octanol–water partition coefficient (Wildman–Crippen LogP) is 4.33. The second-order valence-electron chi connectivity index (χ2n) is 8.63. The van der Waals surface area contributed by atoms with Gasteiger partial charge < -0.3 is 0 Å². The van der Waals surface area contributed by atoms with Crippen LogP contribution in [-0.2, 0) is 9.59 Å². The second kappa shape index (κ2) is 4.79. The molecule has 120 valence electrons. The second-order valence-corrected chi connectivity index (χ2v) is 8.63. The smallest absolute Gasteiger partial charge is 0.139 e. The highest BCUT2D eigenvalue weighted by molar-refractivity contribution is 5.87. The molecule has 0 radical (unpaired) electrons. The average Bonchev–Trinajstić information content (AvgIpc) is 2.82. The molecule has 0 aliphatic heterocycles. The van der Waals surface area contributed by atoms with Gasteiger partial charge in [-0.3, -0.25) is 9.59 Å². The van der Waals surface area contributed by atoms with Crippen LogP contribution in [0.25, 0.3) is 0 Å². The van der Waals surface area contributed by atoms with Crippen molar-refractivity contribution in [2.75, 3.05) is 0 Å². The normalized spacial score (nSPS) is 51.0. The number of Topliss-reactive ketones (excluding diaryl/α,β-unsaturated/α-hetero) is 2. The number of hydrogen-bond donors (Lipinski definition) is 0. The summed E-state index contributed by atoms with van der Waals surface area (Å²) in [5.41, 5.74) is 0.143. The summed E-state index contributed by atoms with van der Waals surface area (Å²) in [4.78, 5) is 24.3. The summed E-state index contributed by atoms with van der Waals surface area (Å²) in [6.07, 6.45) is 11.3. The first kappa shape index (κ1) is 14.7. The van der Waals surface area contributed by atoms with E-state index in [2.05, 4.69) is 19.6 Å². The first-order valence-electron chi connectivity index (χ1n) is 9.20. The lowest BCUT2D eigenvalue weighted by molar-refractivity contribution is -0.140. The van der Waals surface area contributed by atoms with E-state index < -0.39 is 0 Å². The van der Waals surface area contributed by atoms with E-state index in [9.17, 15) is 9.59 Å². The molecule has 0 saturated heterocycles. The van der Waals surface area contributed by atoms with Gasteiger partial charge in [0.05, 0.1) is 0 Å². The molecule has 0 amide bonds. The van der Waals surface area contributed by atoms with Gasteiger partial charge in [0.2, 0.25) is 0 Å². The van der Waals surface area contributed by atoms with Gasteiger partial charge in [0, 0.05) is 24.7 Å². The van der Waals surface area contributed by atoms with Gasteiger partial charge in [0.25, 0.3) is 0 Å². The van der Waals surface area contributed by atoms with Crippen LogP contribution >= 0.6 is 0 Å². The maximum Gasteiger partial charge on any atom is 0.139 e. The molecule has 4 fully saturated rings. The van der Waals surface area contributed by atoms with Crippen molar-refractivity contribution in [2.45, 2.75) is 64.7 Å². The zero-order valence-corrected chi connectivity index (χ0v) is 13.8. The van der Waals surface area contributed by atoms with Crippen molar-refractivity contribution >= 4 is 11.6 Å². The molecule has 0 N–H and O–H groups in total. The Morgan fingerprint density at radius 1 is 1.05 bits per heavy atom. The third-order valence-corrected chi connectivity index (χ3v) is 8.14. The van der Waals surface area contributed by atoms with Crippen molar-refractivity contribution in [1.82, 2.24) is 0 Å². The number of allylic oxidation sites excluding steroid dienone is 1. The molecule has 4 saturated carbocycles. The van der Waals surface area contributed by atoms with Crippen molar-refractivity contribution in [3.63, 3.8) is 0 Å². The Morgan fingerprint density at radius 2 is 1.86 bits per heavy atom. The van der Waals surface area contributed by atoms with Gasteiger partial charge in [-0.2, -0.15) is 0 Å². The van der Waals surface area contributed by atoms with Gasteiger partial charge in [-0.05, 0) is 67.6 Å². The quantitative estimate of drug-likeness (QED) is 0.675. The van der Waals surface area contributed by atoms with E-state index in [1.165, 1.54) is 19.3 Å². The molecule has 4 aliphatic carbocycles. The molecular weight excluding hydrogens is 272 g/mol. The van der Waals surface area contributed by atoms with E-state index in [4.69, 9.17) is 0 Å². The van der Waals surface area contributed by atoms with Crippen LogP contribution in [0.4, 0.5) is 0 Å². The van der Waals surface area contributed by atoms with Crippen molar-refractivity contribution in [3.05, 3.63) is 12.7 Å². The van der Waals surface area contributed by atoms with Crippen LogP contribution in [0.3, 0.4) is 0 Å². The number of carbonyl (C=O) groups is 2. The maximum absolute atomic E-state index is 12.4. The summed E-state index contributed by atoms with van der Waals surface area (Å²) in [5, 5.41) is 0. The monoisotopic (exact) mass is 300 g/mol. The van der Waals surface area contributed by atoms with E-state index in [0.717, 1.165) is 38.5 Å². The van der Waals surface area contributed by atoms with Crippen molar-refractivity contribution in [1.29, 1.82) is 0 Å². The third kappa shape index (κ3) is 1.73. The summed E-state index contributed by atoms with van der Waals surface area (Å²) in [6, 6.07) is 0. The van der Waals surface area contributed by atoms with Gasteiger partial charge in [-0.15, -0.1) is 6.58 Å². The lowest BCUT2D eigenvalue weighted by Gasteiger charge is -2.59. The standard InChI is InChI=1S/C20H28O2/c1-3-20-11-8-14(21)12-13(20)4-5-15-16-6-7-18(22)19(16,2)10-9-17(15)20/h3,13,15-17H,1,4-12H2,2H3/t13?,15?,16-,17-,19-,20?/m0/s1. The van der Waals surface area contributed by atoms with Gasteiger partial charge >= 0.3 is 0 Å².